The molecule has 4 nitrogen and oxygen atoms in total. The van der Waals surface area contributed by atoms with Crippen LogP contribution < -0.4 is 10.1 Å². The maximum Gasteiger partial charge on any atom is 0.160 e. The van der Waals surface area contributed by atoms with Crippen LogP contribution in [0.1, 0.15) is 37.8 Å². The number of rotatable bonds is 5. The predicted octanol–water partition coefficient (Wildman–Crippen LogP) is 2.62. The van der Waals surface area contributed by atoms with Crippen LogP contribution >= 0.6 is 0 Å². The lowest BCUT2D eigenvalue weighted by molar-refractivity contribution is 0.0819. The maximum absolute atomic E-state index is 9.62. The molecule has 0 heterocycles. The van der Waals surface area contributed by atoms with E-state index < -0.39 is 0 Å². The van der Waals surface area contributed by atoms with Gasteiger partial charge in [0.15, 0.2) is 11.5 Å². The van der Waals surface area contributed by atoms with Crippen molar-refractivity contribution in [2.24, 2.45) is 0 Å². The summed E-state index contributed by atoms with van der Waals surface area (Å²) in [6, 6.07) is 6.08. The summed E-state index contributed by atoms with van der Waals surface area (Å²) >= 11 is 0. The Kier molecular flexibility index (Phi) is 4.66. The van der Waals surface area contributed by atoms with Crippen LogP contribution in [-0.2, 0) is 4.74 Å². The van der Waals surface area contributed by atoms with Gasteiger partial charge in [-0.3, -0.25) is 0 Å². The average molecular weight is 265 g/mol. The Hall–Kier alpha value is -1.26. The monoisotopic (exact) mass is 265 g/mol. The predicted molar refractivity (Wildman–Crippen MR) is 74.6 cm³/mol. The number of phenolic OH excluding ortho intramolecular Hbond substituents is 1. The van der Waals surface area contributed by atoms with Gasteiger partial charge in [0.05, 0.1) is 13.2 Å². The first kappa shape index (κ1) is 14.2. The lowest BCUT2D eigenvalue weighted by atomic mass is 10.1. The number of benzene rings is 1. The molecule has 106 valence electrons. The highest BCUT2D eigenvalue weighted by molar-refractivity contribution is 5.42. The summed E-state index contributed by atoms with van der Waals surface area (Å²) in [5.74, 6) is 0.690. The smallest absolute Gasteiger partial charge is 0.160 e. The number of nitrogens with one attached hydrogen (secondary N) is 1. The van der Waals surface area contributed by atoms with E-state index in [9.17, 15) is 5.11 Å². The molecule has 2 N–H and O–H groups in total. The molecule has 4 heteroatoms. The van der Waals surface area contributed by atoms with Crippen molar-refractivity contribution >= 4 is 0 Å². The molecule has 0 saturated heterocycles. The summed E-state index contributed by atoms with van der Waals surface area (Å²) in [5.41, 5.74) is 1.11. The van der Waals surface area contributed by atoms with Gasteiger partial charge in [-0.05, 0) is 43.9 Å². The molecule has 1 aromatic rings. The van der Waals surface area contributed by atoms with Crippen molar-refractivity contribution in [1.29, 1.82) is 0 Å². The van der Waals surface area contributed by atoms with Crippen molar-refractivity contribution < 1.29 is 14.6 Å². The summed E-state index contributed by atoms with van der Waals surface area (Å²) in [7, 11) is 3.34. The van der Waals surface area contributed by atoms with Crippen molar-refractivity contribution in [1.82, 2.24) is 5.32 Å². The Bertz CT molecular complexity index is 422. The van der Waals surface area contributed by atoms with Gasteiger partial charge < -0.3 is 19.9 Å². The number of ether oxygens (including phenoxy) is 2. The summed E-state index contributed by atoms with van der Waals surface area (Å²) < 4.78 is 10.6. The average Bonchev–Trinajstić information content (AvgIpc) is 2.86. The van der Waals surface area contributed by atoms with Crippen molar-refractivity contribution in [2.75, 3.05) is 14.2 Å². The van der Waals surface area contributed by atoms with Gasteiger partial charge in [0.1, 0.15) is 0 Å². The normalized spacial score (nSPS) is 24.4. The molecule has 0 aliphatic heterocycles. The fourth-order valence-electron chi connectivity index (χ4n) is 2.78. The Morgan fingerprint density at radius 2 is 2.11 bits per heavy atom. The Morgan fingerprint density at radius 1 is 1.32 bits per heavy atom. The van der Waals surface area contributed by atoms with E-state index in [0.717, 1.165) is 18.4 Å². The van der Waals surface area contributed by atoms with Crippen LogP contribution in [-0.4, -0.2) is 31.5 Å². The number of phenols is 1. The molecule has 1 saturated carbocycles. The van der Waals surface area contributed by atoms with Crippen LogP contribution in [0.25, 0.3) is 0 Å². The third kappa shape index (κ3) is 3.19. The lowest BCUT2D eigenvalue weighted by Crippen LogP contribution is -2.38. The van der Waals surface area contributed by atoms with Crippen LogP contribution in [0, 0.1) is 0 Å². The summed E-state index contributed by atoms with van der Waals surface area (Å²) in [6.45, 7) is 2.12. The van der Waals surface area contributed by atoms with E-state index in [2.05, 4.69) is 12.2 Å². The fourth-order valence-corrected chi connectivity index (χ4v) is 2.78. The minimum Gasteiger partial charge on any atom is -0.504 e. The number of hydrogen-bond acceptors (Lipinski definition) is 4. The van der Waals surface area contributed by atoms with E-state index in [0.29, 0.717) is 17.9 Å². The Labute approximate surface area is 114 Å². The van der Waals surface area contributed by atoms with Gasteiger partial charge in [-0.15, -0.1) is 0 Å². The van der Waals surface area contributed by atoms with Crippen molar-refractivity contribution in [2.45, 2.75) is 44.4 Å². The molecule has 2 rings (SSSR count). The fraction of sp³-hybridized carbons (Fsp3) is 0.600. The van der Waals surface area contributed by atoms with E-state index >= 15 is 0 Å². The van der Waals surface area contributed by atoms with Crippen molar-refractivity contribution in [3.63, 3.8) is 0 Å². The molecular formula is C15H23NO3. The third-order valence-corrected chi connectivity index (χ3v) is 3.92. The number of methoxy groups -OCH3 is 2. The topological polar surface area (TPSA) is 50.7 Å². The van der Waals surface area contributed by atoms with Crippen LogP contribution in [0.4, 0.5) is 0 Å². The van der Waals surface area contributed by atoms with E-state index in [-0.39, 0.29) is 11.8 Å². The second-order valence-electron chi connectivity index (χ2n) is 5.13. The standard InChI is InChI=1S/C15H23NO3/c1-10(16-12-5-4-6-14(12)18-2)11-7-8-13(17)15(9-11)19-3/h7-10,12,14,16-17H,4-6H2,1-3H3. The molecule has 1 aliphatic carbocycles. The van der Waals surface area contributed by atoms with Gasteiger partial charge in [-0.25, -0.2) is 0 Å². The molecule has 1 aromatic carbocycles. The van der Waals surface area contributed by atoms with E-state index in [1.165, 1.54) is 6.42 Å². The second kappa shape index (κ2) is 6.26. The second-order valence-corrected chi connectivity index (χ2v) is 5.13. The molecule has 19 heavy (non-hydrogen) atoms. The molecule has 0 bridgehead atoms. The molecule has 0 amide bonds. The minimum atomic E-state index is 0.175. The summed E-state index contributed by atoms with van der Waals surface area (Å²) in [6.07, 6.45) is 3.79. The Balaban J connectivity index is 2.05. The number of aromatic hydroxyl groups is 1. The van der Waals surface area contributed by atoms with Gasteiger partial charge in [-0.2, -0.15) is 0 Å². The van der Waals surface area contributed by atoms with Gasteiger partial charge in [0.25, 0.3) is 0 Å². The lowest BCUT2D eigenvalue weighted by Gasteiger charge is -2.24. The van der Waals surface area contributed by atoms with Crippen LogP contribution in [0.2, 0.25) is 0 Å². The van der Waals surface area contributed by atoms with Gasteiger partial charge in [0, 0.05) is 19.2 Å². The first-order chi connectivity index (χ1) is 9.15. The van der Waals surface area contributed by atoms with Crippen LogP contribution in [0.5, 0.6) is 11.5 Å². The highest BCUT2D eigenvalue weighted by Crippen LogP contribution is 2.30. The van der Waals surface area contributed by atoms with Crippen LogP contribution in [0.3, 0.4) is 0 Å². The third-order valence-electron chi connectivity index (χ3n) is 3.92. The quantitative estimate of drug-likeness (QED) is 0.859. The molecule has 0 spiro atoms. The molecule has 1 aliphatic rings. The molecular weight excluding hydrogens is 242 g/mol. The molecule has 0 radical (unpaired) electrons. The molecule has 3 unspecified atom stereocenters. The highest BCUT2D eigenvalue weighted by Gasteiger charge is 2.28. The largest absolute Gasteiger partial charge is 0.504 e. The van der Waals surface area contributed by atoms with E-state index in [1.54, 1.807) is 20.3 Å². The van der Waals surface area contributed by atoms with Crippen molar-refractivity contribution in [3.05, 3.63) is 23.8 Å². The SMILES string of the molecule is COc1cc(C(C)NC2CCCC2OC)ccc1O. The Morgan fingerprint density at radius 3 is 2.79 bits per heavy atom. The van der Waals surface area contributed by atoms with E-state index in [4.69, 9.17) is 9.47 Å². The summed E-state index contributed by atoms with van der Waals surface area (Å²) in [4.78, 5) is 0. The zero-order chi connectivity index (χ0) is 13.8. The van der Waals surface area contributed by atoms with E-state index in [1.807, 2.05) is 12.1 Å². The molecule has 0 aromatic heterocycles. The zero-order valence-corrected chi connectivity index (χ0v) is 11.8. The van der Waals surface area contributed by atoms with Gasteiger partial charge >= 0.3 is 0 Å². The maximum atomic E-state index is 9.62. The summed E-state index contributed by atoms with van der Waals surface area (Å²) in [5, 5.41) is 13.2. The van der Waals surface area contributed by atoms with Crippen LogP contribution in [0.15, 0.2) is 18.2 Å². The van der Waals surface area contributed by atoms with Gasteiger partial charge in [-0.1, -0.05) is 6.07 Å². The number of hydrogen-bond donors (Lipinski definition) is 2. The van der Waals surface area contributed by atoms with Gasteiger partial charge in [0.2, 0.25) is 0 Å². The molecule has 3 atom stereocenters. The first-order valence-corrected chi connectivity index (χ1v) is 6.81. The minimum absolute atomic E-state index is 0.175. The zero-order valence-electron chi connectivity index (χ0n) is 11.8. The van der Waals surface area contributed by atoms with Crippen molar-refractivity contribution in [3.8, 4) is 11.5 Å². The highest BCUT2D eigenvalue weighted by atomic mass is 16.5. The first-order valence-electron chi connectivity index (χ1n) is 6.81. The molecule has 1 fully saturated rings.